The van der Waals surface area contributed by atoms with Gasteiger partial charge in [-0.15, -0.1) is 0 Å². The van der Waals surface area contributed by atoms with Crippen molar-refractivity contribution < 1.29 is 0 Å². The highest BCUT2D eigenvalue weighted by atomic mass is 15.3. The van der Waals surface area contributed by atoms with Crippen LogP contribution in [0.5, 0.6) is 0 Å². The molecule has 1 fully saturated rings. The van der Waals surface area contributed by atoms with Gasteiger partial charge in [0.15, 0.2) is 5.96 Å². The van der Waals surface area contributed by atoms with Gasteiger partial charge in [-0.1, -0.05) is 58.0 Å². The van der Waals surface area contributed by atoms with Gasteiger partial charge in [0.25, 0.3) is 0 Å². The van der Waals surface area contributed by atoms with E-state index < -0.39 is 0 Å². The number of hydrogen-bond donors (Lipinski definition) is 2. The van der Waals surface area contributed by atoms with E-state index in [1.807, 2.05) is 0 Å². The van der Waals surface area contributed by atoms with Crippen LogP contribution in [0, 0.1) is 5.92 Å². The number of benzene rings is 1. The molecule has 1 heterocycles. The smallest absolute Gasteiger partial charge is 0.191 e. The molecule has 0 spiro atoms. The quantitative estimate of drug-likeness (QED) is 0.532. The highest BCUT2D eigenvalue weighted by Gasteiger charge is 2.25. The molecule has 0 bridgehead atoms. The molecular formula is C23H41N5. The van der Waals surface area contributed by atoms with Crippen molar-refractivity contribution >= 4 is 5.96 Å². The third kappa shape index (κ3) is 6.78. The van der Waals surface area contributed by atoms with Crippen LogP contribution in [-0.4, -0.2) is 74.7 Å². The van der Waals surface area contributed by atoms with Crippen molar-refractivity contribution in [2.75, 3.05) is 52.9 Å². The third-order valence-corrected chi connectivity index (χ3v) is 5.79. The topological polar surface area (TPSA) is 42.9 Å². The SMILES string of the molecule is CCNC(=NCC(C)(C)c1ccccc1)NCC(C(C)C)N1CCN(C)CC1. The number of nitrogens with zero attached hydrogens (tertiary/aromatic N) is 3. The molecule has 0 aromatic heterocycles. The molecule has 28 heavy (non-hydrogen) atoms. The van der Waals surface area contributed by atoms with E-state index in [0.717, 1.165) is 51.8 Å². The Bertz CT molecular complexity index is 588. The first-order valence-corrected chi connectivity index (χ1v) is 10.8. The Kier molecular flexibility index (Phi) is 8.77. The first-order chi connectivity index (χ1) is 13.3. The Labute approximate surface area is 172 Å². The summed E-state index contributed by atoms with van der Waals surface area (Å²) in [6.45, 7) is 18.5. The lowest BCUT2D eigenvalue weighted by molar-refractivity contribution is 0.0900. The number of aliphatic imine (C=N–C) groups is 1. The van der Waals surface area contributed by atoms with Gasteiger partial charge in [0, 0.05) is 50.7 Å². The van der Waals surface area contributed by atoms with Crippen molar-refractivity contribution in [1.29, 1.82) is 0 Å². The van der Waals surface area contributed by atoms with Crippen LogP contribution >= 0.6 is 0 Å². The molecule has 0 saturated carbocycles. The monoisotopic (exact) mass is 387 g/mol. The summed E-state index contributed by atoms with van der Waals surface area (Å²) in [6.07, 6.45) is 0. The molecule has 2 rings (SSSR count). The fourth-order valence-electron chi connectivity index (χ4n) is 3.74. The molecule has 1 aliphatic rings. The largest absolute Gasteiger partial charge is 0.357 e. The predicted molar refractivity (Wildman–Crippen MR) is 121 cm³/mol. The fourth-order valence-corrected chi connectivity index (χ4v) is 3.74. The maximum absolute atomic E-state index is 4.92. The van der Waals surface area contributed by atoms with Crippen LogP contribution in [0.1, 0.15) is 40.2 Å². The average molecular weight is 388 g/mol. The highest BCUT2D eigenvalue weighted by Crippen LogP contribution is 2.23. The van der Waals surface area contributed by atoms with Crippen molar-refractivity contribution in [1.82, 2.24) is 20.4 Å². The average Bonchev–Trinajstić information content (AvgIpc) is 2.68. The Hall–Kier alpha value is -1.59. The Balaban J connectivity index is 1.99. The van der Waals surface area contributed by atoms with Gasteiger partial charge in [0.05, 0.1) is 6.54 Å². The predicted octanol–water partition coefficient (Wildman–Crippen LogP) is 2.79. The van der Waals surface area contributed by atoms with Crippen molar-refractivity contribution in [2.45, 2.75) is 46.1 Å². The van der Waals surface area contributed by atoms with Crippen LogP contribution in [0.25, 0.3) is 0 Å². The molecule has 5 heteroatoms. The zero-order valence-corrected chi connectivity index (χ0v) is 18.8. The minimum Gasteiger partial charge on any atom is -0.357 e. The van der Waals surface area contributed by atoms with E-state index in [4.69, 9.17) is 4.99 Å². The first kappa shape index (κ1) is 22.7. The van der Waals surface area contributed by atoms with Gasteiger partial charge >= 0.3 is 0 Å². The molecule has 5 nitrogen and oxygen atoms in total. The molecule has 1 aromatic rings. The molecule has 2 N–H and O–H groups in total. The molecule has 1 atom stereocenters. The summed E-state index contributed by atoms with van der Waals surface area (Å²) in [5, 5.41) is 7.04. The van der Waals surface area contributed by atoms with Gasteiger partial charge in [-0.2, -0.15) is 0 Å². The van der Waals surface area contributed by atoms with E-state index in [0.29, 0.717) is 12.0 Å². The third-order valence-electron chi connectivity index (χ3n) is 5.79. The molecule has 1 saturated heterocycles. The summed E-state index contributed by atoms with van der Waals surface area (Å²) in [4.78, 5) is 9.97. The van der Waals surface area contributed by atoms with Crippen molar-refractivity contribution in [3.05, 3.63) is 35.9 Å². The number of rotatable bonds is 8. The standard InChI is InChI=1S/C23H41N5/c1-7-24-22(26-18-23(4,5)20-11-9-8-10-12-20)25-17-21(19(2)3)28-15-13-27(6)14-16-28/h8-12,19,21H,7,13-18H2,1-6H3,(H2,24,25,26). The number of hydrogen-bond acceptors (Lipinski definition) is 3. The van der Waals surface area contributed by atoms with Crippen molar-refractivity contribution in [2.24, 2.45) is 10.9 Å². The van der Waals surface area contributed by atoms with Gasteiger partial charge in [-0.05, 0) is 25.5 Å². The van der Waals surface area contributed by atoms with Crippen LogP contribution in [0.2, 0.25) is 0 Å². The Morgan fingerprint density at radius 1 is 1.07 bits per heavy atom. The lowest BCUT2D eigenvalue weighted by Gasteiger charge is -2.40. The highest BCUT2D eigenvalue weighted by molar-refractivity contribution is 5.79. The van der Waals surface area contributed by atoms with E-state index in [1.54, 1.807) is 0 Å². The van der Waals surface area contributed by atoms with E-state index in [-0.39, 0.29) is 5.41 Å². The molecule has 1 aromatic carbocycles. The zero-order chi connectivity index (χ0) is 20.6. The maximum atomic E-state index is 4.92. The minimum atomic E-state index is 0.0124. The normalized spacial score (nSPS) is 18.3. The zero-order valence-electron chi connectivity index (χ0n) is 18.8. The Morgan fingerprint density at radius 3 is 2.29 bits per heavy atom. The summed E-state index contributed by atoms with van der Waals surface area (Å²) in [6, 6.07) is 11.2. The lowest BCUT2D eigenvalue weighted by atomic mass is 9.85. The van der Waals surface area contributed by atoms with Crippen LogP contribution < -0.4 is 10.6 Å². The molecule has 1 unspecified atom stereocenters. The number of likely N-dealkylation sites (N-methyl/N-ethyl adjacent to an activating group) is 1. The van der Waals surface area contributed by atoms with E-state index >= 15 is 0 Å². The molecule has 0 amide bonds. The summed E-state index contributed by atoms with van der Waals surface area (Å²) in [5.74, 6) is 1.53. The molecule has 0 radical (unpaired) electrons. The van der Waals surface area contributed by atoms with Gasteiger partial charge in [0.2, 0.25) is 0 Å². The van der Waals surface area contributed by atoms with E-state index in [1.165, 1.54) is 5.56 Å². The maximum Gasteiger partial charge on any atom is 0.191 e. The fraction of sp³-hybridized carbons (Fsp3) is 0.696. The molecule has 158 valence electrons. The van der Waals surface area contributed by atoms with Crippen molar-refractivity contribution in [3.63, 3.8) is 0 Å². The molecule has 0 aliphatic carbocycles. The van der Waals surface area contributed by atoms with Crippen LogP contribution in [0.15, 0.2) is 35.3 Å². The molecular weight excluding hydrogens is 346 g/mol. The van der Waals surface area contributed by atoms with Crippen LogP contribution in [-0.2, 0) is 5.41 Å². The van der Waals surface area contributed by atoms with Crippen LogP contribution in [0.3, 0.4) is 0 Å². The Morgan fingerprint density at radius 2 is 1.71 bits per heavy atom. The van der Waals surface area contributed by atoms with Gasteiger partial charge in [0.1, 0.15) is 0 Å². The van der Waals surface area contributed by atoms with Gasteiger partial charge in [-0.3, -0.25) is 9.89 Å². The second kappa shape index (κ2) is 10.8. The van der Waals surface area contributed by atoms with E-state index in [9.17, 15) is 0 Å². The number of piperazine rings is 1. The second-order valence-electron chi connectivity index (χ2n) is 8.98. The summed E-state index contributed by atoms with van der Waals surface area (Å²) in [5.41, 5.74) is 1.34. The first-order valence-electron chi connectivity index (χ1n) is 10.8. The van der Waals surface area contributed by atoms with Crippen molar-refractivity contribution in [3.8, 4) is 0 Å². The van der Waals surface area contributed by atoms with Gasteiger partial charge in [-0.25, -0.2) is 0 Å². The minimum absolute atomic E-state index is 0.0124. The second-order valence-corrected chi connectivity index (χ2v) is 8.98. The summed E-state index contributed by atoms with van der Waals surface area (Å²) in [7, 11) is 2.21. The van der Waals surface area contributed by atoms with Gasteiger partial charge < -0.3 is 15.5 Å². The van der Waals surface area contributed by atoms with E-state index in [2.05, 4.69) is 92.4 Å². The summed E-state index contributed by atoms with van der Waals surface area (Å²) < 4.78 is 0. The lowest BCUT2D eigenvalue weighted by Crippen LogP contribution is -2.55. The number of guanidine groups is 1. The summed E-state index contributed by atoms with van der Waals surface area (Å²) >= 11 is 0. The van der Waals surface area contributed by atoms with Crippen LogP contribution in [0.4, 0.5) is 0 Å². The molecule has 1 aliphatic heterocycles. The number of nitrogens with one attached hydrogen (secondary N) is 2.